The molecule has 8 heteroatoms. The van der Waals surface area contributed by atoms with Crippen LogP contribution in [-0.4, -0.2) is 38.3 Å². The van der Waals surface area contributed by atoms with Crippen molar-refractivity contribution in [3.63, 3.8) is 0 Å². The van der Waals surface area contributed by atoms with E-state index in [1.807, 2.05) is 12.1 Å². The largest absolute Gasteiger partial charge is 0.292 e. The summed E-state index contributed by atoms with van der Waals surface area (Å²) in [6.45, 7) is 3.65. The third kappa shape index (κ3) is 5.48. The molecule has 36 heavy (non-hydrogen) atoms. The number of likely N-dealkylation sites (tertiary alicyclic amines) is 1. The van der Waals surface area contributed by atoms with Crippen LogP contribution in [0.15, 0.2) is 71.6 Å². The Hall–Kier alpha value is -3.15. The summed E-state index contributed by atoms with van der Waals surface area (Å²) in [5, 5.41) is 9.40. The van der Waals surface area contributed by atoms with E-state index in [9.17, 15) is 22.5 Å². The SMILES string of the molecule is CC(C)(F)[C@H](c1cc(F)cc(F)c1)C1CN([C@H](c2cccc(C#N)c2)c2cccc(S(C)(=O)=O)c2)C1. The molecule has 0 bridgehead atoms. The standard InChI is InChI=1S/C28H27F3N2O2S/c1-28(2,31)26(21-11-23(29)14-24(30)12-21)22-16-33(17-22)27(19-7-4-6-18(10-19)15-32)20-8-5-9-25(13-20)36(3,34)35/h4-14,22,26-27H,16-17H2,1-3H3/t26-,27-/m1/s1. The van der Waals surface area contributed by atoms with Crippen LogP contribution in [0, 0.1) is 28.9 Å². The van der Waals surface area contributed by atoms with Gasteiger partial charge >= 0.3 is 0 Å². The Morgan fingerprint density at radius 2 is 1.53 bits per heavy atom. The van der Waals surface area contributed by atoms with Gasteiger partial charge in [0.05, 0.1) is 22.6 Å². The van der Waals surface area contributed by atoms with Crippen LogP contribution in [0.5, 0.6) is 0 Å². The predicted molar refractivity (Wildman–Crippen MR) is 132 cm³/mol. The summed E-state index contributed by atoms with van der Waals surface area (Å²) in [4.78, 5) is 2.24. The molecule has 0 N–H and O–H groups in total. The molecule has 0 radical (unpaired) electrons. The number of benzene rings is 3. The minimum atomic E-state index is -3.45. The third-order valence-electron chi connectivity index (χ3n) is 6.69. The molecule has 3 aromatic carbocycles. The zero-order chi connectivity index (χ0) is 26.3. The maximum atomic E-state index is 15.4. The Kier molecular flexibility index (Phi) is 7.00. The fourth-order valence-corrected chi connectivity index (χ4v) is 5.94. The molecule has 3 aromatic rings. The van der Waals surface area contributed by atoms with E-state index in [1.165, 1.54) is 32.0 Å². The van der Waals surface area contributed by atoms with Crippen LogP contribution < -0.4 is 0 Å². The Bertz CT molecular complexity index is 1400. The number of rotatable bonds is 7. The van der Waals surface area contributed by atoms with E-state index < -0.39 is 33.1 Å². The molecule has 0 amide bonds. The number of sulfone groups is 1. The van der Waals surface area contributed by atoms with Crippen LogP contribution in [0.4, 0.5) is 13.2 Å². The van der Waals surface area contributed by atoms with Gasteiger partial charge in [0.1, 0.15) is 17.3 Å². The van der Waals surface area contributed by atoms with Crippen LogP contribution >= 0.6 is 0 Å². The molecule has 0 saturated carbocycles. The van der Waals surface area contributed by atoms with Gasteiger partial charge in [-0.2, -0.15) is 5.26 Å². The number of nitriles is 1. The predicted octanol–water partition coefficient (Wildman–Crippen LogP) is 5.79. The second-order valence-electron chi connectivity index (χ2n) is 9.94. The van der Waals surface area contributed by atoms with E-state index in [4.69, 9.17) is 0 Å². The first-order valence-corrected chi connectivity index (χ1v) is 13.4. The first-order valence-electron chi connectivity index (χ1n) is 11.6. The number of halogens is 3. The first kappa shape index (κ1) is 25.9. The molecule has 188 valence electrons. The average Bonchev–Trinajstić information content (AvgIpc) is 2.76. The monoisotopic (exact) mass is 512 g/mol. The van der Waals surface area contributed by atoms with E-state index >= 15 is 4.39 Å². The third-order valence-corrected chi connectivity index (χ3v) is 7.80. The van der Waals surface area contributed by atoms with E-state index in [-0.39, 0.29) is 22.4 Å². The minimum Gasteiger partial charge on any atom is -0.292 e. The van der Waals surface area contributed by atoms with Gasteiger partial charge in [-0.3, -0.25) is 4.90 Å². The maximum absolute atomic E-state index is 15.4. The Balaban J connectivity index is 1.71. The van der Waals surface area contributed by atoms with Gasteiger partial charge in [-0.05, 0) is 72.9 Å². The highest BCUT2D eigenvalue weighted by Crippen LogP contribution is 2.45. The van der Waals surface area contributed by atoms with E-state index in [0.717, 1.165) is 23.4 Å². The molecule has 2 atom stereocenters. The van der Waals surface area contributed by atoms with Crippen LogP contribution in [0.2, 0.25) is 0 Å². The maximum Gasteiger partial charge on any atom is 0.175 e. The van der Waals surface area contributed by atoms with Gasteiger partial charge in [0.15, 0.2) is 9.84 Å². The van der Waals surface area contributed by atoms with E-state index in [0.29, 0.717) is 18.7 Å². The van der Waals surface area contributed by atoms with Crippen LogP contribution in [-0.2, 0) is 9.84 Å². The molecule has 4 rings (SSSR count). The highest BCUT2D eigenvalue weighted by molar-refractivity contribution is 7.90. The normalized spacial score (nSPS) is 16.7. The quantitative estimate of drug-likeness (QED) is 0.402. The topological polar surface area (TPSA) is 61.2 Å². The van der Waals surface area contributed by atoms with Gasteiger partial charge in [0.25, 0.3) is 0 Å². The lowest BCUT2D eigenvalue weighted by molar-refractivity contribution is 0.00800. The molecule has 0 unspecified atom stereocenters. The molecule has 1 fully saturated rings. The molecule has 0 aromatic heterocycles. The van der Waals surface area contributed by atoms with Crippen molar-refractivity contribution < 1.29 is 21.6 Å². The van der Waals surface area contributed by atoms with Crippen molar-refractivity contribution in [2.75, 3.05) is 19.3 Å². The minimum absolute atomic E-state index is 0.177. The molecular formula is C28H27F3N2O2S. The van der Waals surface area contributed by atoms with Gasteiger partial charge in [-0.1, -0.05) is 24.3 Å². The summed E-state index contributed by atoms with van der Waals surface area (Å²) in [7, 11) is -3.45. The van der Waals surface area contributed by atoms with Crippen molar-refractivity contribution in [1.82, 2.24) is 4.90 Å². The molecule has 0 aliphatic carbocycles. The second-order valence-corrected chi connectivity index (χ2v) is 12.0. The van der Waals surface area contributed by atoms with E-state index in [1.54, 1.807) is 30.3 Å². The van der Waals surface area contributed by atoms with E-state index in [2.05, 4.69) is 11.0 Å². The lowest BCUT2D eigenvalue weighted by Crippen LogP contribution is -2.53. The summed E-state index contributed by atoms with van der Waals surface area (Å²) in [5.74, 6) is -2.48. The van der Waals surface area contributed by atoms with Crippen molar-refractivity contribution in [3.8, 4) is 6.07 Å². The van der Waals surface area contributed by atoms with Gasteiger partial charge in [0.2, 0.25) is 0 Å². The number of alkyl halides is 1. The fourth-order valence-electron chi connectivity index (χ4n) is 5.26. The Labute approximate surface area is 209 Å². The molecule has 1 saturated heterocycles. The van der Waals surface area contributed by atoms with Crippen LogP contribution in [0.3, 0.4) is 0 Å². The fraction of sp³-hybridized carbons (Fsp3) is 0.321. The Morgan fingerprint density at radius 3 is 2.08 bits per heavy atom. The highest BCUT2D eigenvalue weighted by atomic mass is 32.2. The summed E-state index contributed by atoms with van der Waals surface area (Å²) in [6.07, 6.45) is 1.14. The zero-order valence-electron chi connectivity index (χ0n) is 20.3. The van der Waals surface area contributed by atoms with Gasteiger partial charge in [0, 0.05) is 31.3 Å². The van der Waals surface area contributed by atoms with Gasteiger partial charge in [-0.15, -0.1) is 0 Å². The smallest absolute Gasteiger partial charge is 0.175 e. The zero-order valence-corrected chi connectivity index (χ0v) is 21.1. The molecular weight excluding hydrogens is 485 g/mol. The van der Waals surface area contributed by atoms with Crippen molar-refractivity contribution in [2.45, 2.75) is 36.4 Å². The summed E-state index contributed by atoms with van der Waals surface area (Å²) < 4.78 is 67.7. The van der Waals surface area contributed by atoms with Crippen molar-refractivity contribution in [3.05, 3.63) is 101 Å². The lowest BCUT2D eigenvalue weighted by Gasteiger charge is -2.50. The van der Waals surface area contributed by atoms with Crippen LogP contribution in [0.25, 0.3) is 0 Å². The molecule has 1 aliphatic rings. The average molecular weight is 513 g/mol. The van der Waals surface area contributed by atoms with Crippen molar-refractivity contribution in [2.24, 2.45) is 5.92 Å². The highest BCUT2D eigenvalue weighted by Gasteiger charge is 2.45. The number of nitrogens with zero attached hydrogens (tertiary/aromatic N) is 2. The lowest BCUT2D eigenvalue weighted by atomic mass is 9.72. The second kappa shape index (κ2) is 9.72. The summed E-state index contributed by atoms with van der Waals surface area (Å²) >= 11 is 0. The molecule has 1 heterocycles. The number of hydrogen-bond acceptors (Lipinski definition) is 4. The van der Waals surface area contributed by atoms with Gasteiger partial charge in [-0.25, -0.2) is 21.6 Å². The van der Waals surface area contributed by atoms with Crippen LogP contribution in [0.1, 0.15) is 48.1 Å². The Morgan fingerprint density at radius 1 is 0.944 bits per heavy atom. The van der Waals surface area contributed by atoms with Gasteiger partial charge < -0.3 is 0 Å². The first-order chi connectivity index (χ1) is 16.9. The molecule has 4 nitrogen and oxygen atoms in total. The van der Waals surface area contributed by atoms with Crippen molar-refractivity contribution in [1.29, 1.82) is 5.26 Å². The van der Waals surface area contributed by atoms with Crippen molar-refractivity contribution >= 4 is 9.84 Å². The summed E-state index contributed by atoms with van der Waals surface area (Å²) in [5.41, 5.74) is 0.521. The molecule has 1 aliphatic heterocycles. The molecule has 0 spiro atoms. The number of hydrogen-bond donors (Lipinski definition) is 0. The summed E-state index contributed by atoms with van der Waals surface area (Å²) in [6, 6.07) is 18.6.